The molecule has 2 heterocycles. The number of hydrogen-bond donors (Lipinski definition) is 1. The van der Waals surface area contributed by atoms with Gasteiger partial charge in [-0.05, 0) is 48.5 Å². The second-order valence-electron chi connectivity index (χ2n) is 7.55. The van der Waals surface area contributed by atoms with E-state index in [9.17, 15) is 9.18 Å². The summed E-state index contributed by atoms with van der Waals surface area (Å²) in [5.74, 6) is 0.928. The second-order valence-corrected chi connectivity index (χ2v) is 7.99. The molecule has 1 unspecified atom stereocenters. The third kappa shape index (κ3) is 5.60. The molecule has 32 heavy (non-hydrogen) atoms. The van der Waals surface area contributed by atoms with Crippen LogP contribution >= 0.6 is 11.6 Å². The van der Waals surface area contributed by atoms with Gasteiger partial charge < -0.3 is 19.4 Å². The van der Waals surface area contributed by atoms with Crippen LogP contribution in [0.2, 0.25) is 5.02 Å². The van der Waals surface area contributed by atoms with Crippen molar-refractivity contribution in [2.24, 2.45) is 0 Å². The van der Waals surface area contributed by atoms with Crippen LogP contribution in [0.5, 0.6) is 5.75 Å². The average molecular weight is 458 g/mol. The minimum absolute atomic E-state index is 0.0897. The third-order valence-electron chi connectivity index (χ3n) is 5.50. The van der Waals surface area contributed by atoms with Crippen molar-refractivity contribution in [3.8, 4) is 5.75 Å². The fourth-order valence-corrected chi connectivity index (χ4v) is 3.94. The number of nitrogens with one attached hydrogen (secondary N) is 1. The van der Waals surface area contributed by atoms with Crippen LogP contribution in [-0.4, -0.2) is 50.1 Å². The molecular weight excluding hydrogens is 433 g/mol. The summed E-state index contributed by atoms with van der Waals surface area (Å²) in [6.07, 6.45) is 1.63. The lowest BCUT2D eigenvalue weighted by Crippen LogP contribution is -2.50. The van der Waals surface area contributed by atoms with E-state index < -0.39 is 0 Å². The number of ether oxygens (including phenoxy) is 1. The zero-order valence-electron chi connectivity index (χ0n) is 17.5. The van der Waals surface area contributed by atoms with Gasteiger partial charge in [-0.25, -0.2) is 4.39 Å². The normalized spacial score (nSPS) is 15.4. The van der Waals surface area contributed by atoms with E-state index in [0.29, 0.717) is 36.1 Å². The minimum atomic E-state index is -0.221. The molecule has 168 valence electrons. The Morgan fingerprint density at radius 2 is 1.81 bits per heavy atom. The van der Waals surface area contributed by atoms with Gasteiger partial charge in [0.05, 0.1) is 18.0 Å². The third-order valence-corrected chi connectivity index (χ3v) is 5.75. The SMILES string of the molecule is O=C(COc1ccc(Cl)cc1)NCC(c1ccco1)N1CCN(c2ccccc2F)CC1. The van der Waals surface area contributed by atoms with Crippen LogP contribution in [0.3, 0.4) is 0 Å². The lowest BCUT2D eigenvalue weighted by molar-refractivity contribution is -0.123. The number of carbonyl (C=O) groups excluding carboxylic acids is 1. The molecule has 2 aromatic carbocycles. The Morgan fingerprint density at radius 1 is 1.06 bits per heavy atom. The number of para-hydroxylation sites is 1. The first-order chi connectivity index (χ1) is 15.6. The monoisotopic (exact) mass is 457 g/mol. The Hall–Kier alpha value is -3.03. The maximum Gasteiger partial charge on any atom is 0.258 e. The molecule has 1 aliphatic heterocycles. The fraction of sp³-hybridized carbons (Fsp3) is 0.292. The molecule has 0 spiro atoms. The van der Waals surface area contributed by atoms with Gasteiger partial charge in [0, 0.05) is 37.7 Å². The predicted molar refractivity (Wildman–Crippen MR) is 122 cm³/mol. The van der Waals surface area contributed by atoms with Gasteiger partial charge in [-0.2, -0.15) is 0 Å². The van der Waals surface area contributed by atoms with E-state index in [-0.39, 0.29) is 24.4 Å². The van der Waals surface area contributed by atoms with Crippen LogP contribution in [0, 0.1) is 5.82 Å². The zero-order valence-corrected chi connectivity index (χ0v) is 18.3. The number of piperazine rings is 1. The van der Waals surface area contributed by atoms with Gasteiger partial charge in [-0.1, -0.05) is 23.7 Å². The van der Waals surface area contributed by atoms with E-state index in [0.717, 1.165) is 18.8 Å². The van der Waals surface area contributed by atoms with Crippen LogP contribution < -0.4 is 15.0 Å². The lowest BCUT2D eigenvalue weighted by Gasteiger charge is -2.39. The molecule has 1 aromatic heterocycles. The molecule has 1 fully saturated rings. The maximum absolute atomic E-state index is 14.1. The number of furan rings is 1. The first kappa shape index (κ1) is 22.2. The molecule has 0 radical (unpaired) electrons. The summed E-state index contributed by atoms with van der Waals surface area (Å²) in [7, 11) is 0. The molecule has 1 amide bonds. The number of halogens is 2. The molecular formula is C24H25ClFN3O3. The standard InChI is InChI=1S/C24H25ClFN3O3/c25-18-7-9-19(10-8-18)32-17-24(30)27-16-22(23-6-3-15-31-23)29-13-11-28(12-14-29)21-5-2-1-4-20(21)26/h1-10,15,22H,11-14,16-17H2,(H,27,30). The van der Waals surface area contributed by atoms with Gasteiger partial charge in [0.2, 0.25) is 0 Å². The highest BCUT2D eigenvalue weighted by molar-refractivity contribution is 6.30. The van der Waals surface area contributed by atoms with Crippen molar-refractivity contribution in [1.29, 1.82) is 0 Å². The highest BCUT2D eigenvalue weighted by Crippen LogP contribution is 2.25. The molecule has 3 aromatic rings. The van der Waals surface area contributed by atoms with Gasteiger partial charge >= 0.3 is 0 Å². The fourth-order valence-electron chi connectivity index (χ4n) is 3.81. The van der Waals surface area contributed by atoms with Crippen molar-refractivity contribution in [2.75, 3.05) is 44.2 Å². The lowest BCUT2D eigenvalue weighted by atomic mass is 10.1. The molecule has 8 heteroatoms. The van der Waals surface area contributed by atoms with Gasteiger partial charge in [0.25, 0.3) is 5.91 Å². The molecule has 4 rings (SSSR count). The summed E-state index contributed by atoms with van der Waals surface area (Å²) in [5.41, 5.74) is 0.620. The summed E-state index contributed by atoms with van der Waals surface area (Å²) < 4.78 is 25.3. The minimum Gasteiger partial charge on any atom is -0.484 e. The number of benzene rings is 2. The number of amides is 1. The molecule has 1 atom stereocenters. The maximum atomic E-state index is 14.1. The van der Waals surface area contributed by atoms with Crippen molar-refractivity contribution in [2.45, 2.75) is 6.04 Å². The Bertz CT molecular complexity index is 1010. The van der Waals surface area contributed by atoms with Crippen LogP contribution in [0.25, 0.3) is 0 Å². The molecule has 1 N–H and O–H groups in total. The van der Waals surface area contributed by atoms with Gasteiger partial charge in [0.1, 0.15) is 17.3 Å². The van der Waals surface area contributed by atoms with Gasteiger partial charge in [-0.15, -0.1) is 0 Å². The first-order valence-corrected chi connectivity index (χ1v) is 10.9. The molecule has 0 saturated carbocycles. The summed E-state index contributed by atoms with van der Waals surface area (Å²) >= 11 is 5.86. The Balaban J connectivity index is 1.32. The highest BCUT2D eigenvalue weighted by Gasteiger charge is 2.28. The van der Waals surface area contributed by atoms with Crippen LogP contribution in [-0.2, 0) is 4.79 Å². The molecule has 0 bridgehead atoms. The summed E-state index contributed by atoms with van der Waals surface area (Å²) in [6, 6.07) is 17.3. The molecule has 6 nitrogen and oxygen atoms in total. The number of carbonyl (C=O) groups is 1. The van der Waals surface area contributed by atoms with Crippen molar-refractivity contribution >= 4 is 23.2 Å². The Labute approximate surface area is 191 Å². The smallest absolute Gasteiger partial charge is 0.258 e. The first-order valence-electron chi connectivity index (χ1n) is 10.5. The van der Waals surface area contributed by atoms with Crippen molar-refractivity contribution < 1.29 is 18.3 Å². The summed E-state index contributed by atoms with van der Waals surface area (Å²) in [6.45, 7) is 3.11. The van der Waals surface area contributed by atoms with E-state index >= 15 is 0 Å². The highest BCUT2D eigenvalue weighted by atomic mass is 35.5. The molecule has 0 aliphatic carbocycles. The number of rotatable bonds is 8. The van der Waals surface area contributed by atoms with Crippen LogP contribution in [0.1, 0.15) is 11.8 Å². The second kappa shape index (κ2) is 10.5. The van der Waals surface area contributed by atoms with Crippen molar-refractivity contribution in [3.63, 3.8) is 0 Å². The summed E-state index contributed by atoms with van der Waals surface area (Å²) in [4.78, 5) is 16.6. The zero-order chi connectivity index (χ0) is 22.3. The van der Waals surface area contributed by atoms with E-state index in [4.69, 9.17) is 20.8 Å². The van der Waals surface area contributed by atoms with E-state index in [1.54, 1.807) is 42.7 Å². The summed E-state index contributed by atoms with van der Waals surface area (Å²) in [5, 5.41) is 3.55. The van der Waals surface area contributed by atoms with Crippen molar-refractivity contribution in [3.05, 3.63) is 83.5 Å². The molecule has 1 aliphatic rings. The molecule has 1 saturated heterocycles. The van der Waals surface area contributed by atoms with E-state index in [1.165, 1.54) is 6.07 Å². The Kier molecular flexibility index (Phi) is 7.29. The Morgan fingerprint density at radius 3 is 2.50 bits per heavy atom. The van der Waals surface area contributed by atoms with Crippen molar-refractivity contribution in [1.82, 2.24) is 10.2 Å². The van der Waals surface area contributed by atoms with E-state index in [2.05, 4.69) is 10.2 Å². The van der Waals surface area contributed by atoms with Gasteiger partial charge in [-0.3, -0.25) is 9.69 Å². The van der Waals surface area contributed by atoms with Gasteiger partial charge in [0.15, 0.2) is 6.61 Å². The quantitative estimate of drug-likeness (QED) is 0.551. The largest absolute Gasteiger partial charge is 0.484 e. The van der Waals surface area contributed by atoms with E-state index in [1.807, 2.05) is 23.1 Å². The van der Waals surface area contributed by atoms with Crippen LogP contribution in [0.15, 0.2) is 71.3 Å². The average Bonchev–Trinajstić information content (AvgIpc) is 3.34. The number of hydrogen-bond acceptors (Lipinski definition) is 5. The van der Waals surface area contributed by atoms with Crippen LogP contribution in [0.4, 0.5) is 10.1 Å². The predicted octanol–water partition coefficient (Wildman–Crippen LogP) is 4.13. The number of anilines is 1. The number of nitrogens with zero attached hydrogens (tertiary/aromatic N) is 2. The topological polar surface area (TPSA) is 58.0 Å².